The predicted octanol–water partition coefficient (Wildman–Crippen LogP) is 3.33. The normalized spacial score (nSPS) is 12.7. The van der Waals surface area contributed by atoms with Crippen molar-refractivity contribution in [3.8, 4) is 11.8 Å². The molecule has 0 bridgehead atoms. The van der Waals surface area contributed by atoms with Gasteiger partial charge in [0.1, 0.15) is 11.1 Å². The van der Waals surface area contributed by atoms with E-state index in [1.54, 1.807) is 24.1 Å². The number of halogens is 1. The summed E-state index contributed by atoms with van der Waals surface area (Å²) >= 11 is 1.50. The Bertz CT molecular complexity index is 872. The molecule has 26 heavy (non-hydrogen) atoms. The van der Waals surface area contributed by atoms with E-state index in [4.69, 9.17) is 4.74 Å². The number of hydrogen-bond acceptors (Lipinski definition) is 5. The number of rotatable bonds is 6. The number of anilines is 1. The Morgan fingerprint density at radius 1 is 1.46 bits per heavy atom. The molecule has 0 saturated heterocycles. The second-order valence-electron chi connectivity index (χ2n) is 6.36. The molecule has 136 valence electrons. The lowest BCUT2D eigenvalue weighted by molar-refractivity contribution is -0.117. The van der Waals surface area contributed by atoms with Crippen LogP contribution >= 0.6 is 11.3 Å². The highest BCUT2D eigenvalue weighted by Crippen LogP contribution is 2.38. The number of amides is 1. The quantitative estimate of drug-likeness (QED) is 0.844. The molecule has 5 nitrogen and oxygen atoms in total. The standard InChI is InChI=1S/C19H20FN3O2S/c1-23(10-12-6-7-16(25-2)15(20)8-12)11-18(24)22-19-14(9-21)13-4-3-5-17(13)26-19/h6-8H,3-5,10-11H2,1-2H3,(H,22,24). The number of aryl methyl sites for hydroxylation is 1. The zero-order valence-electron chi connectivity index (χ0n) is 14.8. The first kappa shape index (κ1) is 18.4. The van der Waals surface area contributed by atoms with Crippen LogP contribution in [0.25, 0.3) is 0 Å². The fraction of sp³-hybridized carbons (Fsp3) is 0.368. The van der Waals surface area contributed by atoms with Crippen molar-refractivity contribution in [3.63, 3.8) is 0 Å². The van der Waals surface area contributed by atoms with E-state index in [9.17, 15) is 14.4 Å². The summed E-state index contributed by atoms with van der Waals surface area (Å²) in [6, 6.07) is 6.97. The highest BCUT2D eigenvalue weighted by Gasteiger charge is 2.23. The number of thiophene rings is 1. The molecule has 0 unspecified atom stereocenters. The molecule has 1 amide bonds. The molecule has 1 aliphatic rings. The summed E-state index contributed by atoms with van der Waals surface area (Å²) in [5.74, 6) is -0.406. The van der Waals surface area contributed by atoms with Gasteiger partial charge < -0.3 is 10.1 Å². The molecule has 0 fully saturated rings. The Labute approximate surface area is 156 Å². The lowest BCUT2D eigenvalue weighted by Crippen LogP contribution is -2.29. The average molecular weight is 373 g/mol. The highest BCUT2D eigenvalue weighted by molar-refractivity contribution is 7.16. The minimum atomic E-state index is -0.422. The zero-order chi connectivity index (χ0) is 18.7. The Kier molecular flexibility index (Phi) is 5.55. The van der Waals surface area contributed by atoms with Crippen molar-refractivity contribution in [1.82, 2.24) is 4.90 Å². The van der Waals surface area contributed by atoms with E-state index in [1.807, 2.05) is 0 Å². The summed E-state index contributed by atoms with van der Waals surface area (Å²) in [4.78, 5) is 15.3. The highest BCUT2D eigenvalue weighted by atomic mass is 32.1. The molecule has 0 spiro atoms. The smallest absolute Gasteiger partial charge is 0.239 e. The first-order chi connectivity index (χ1) is 12.5. The topological polar surface area (TPSA) is 65.4 Å². The van der Waals surface area contributed by atoms with Gasteiger partial charge in [-0.2, -0.15) is 5.26 Å². The largest absolute Gasteiger partial charge is 0.494 e. The van der Waals surface area contributed by atoms with Crippen LogP contribution in [-0.2, 0) is 24.2 Å². The first-order valence-corrected chi connectivity index (χ1v) is 9.19. The number of nitriles is 1. The van der Waals surface area contributed by atoms with Gasteiger partial charge in [0.05, 0.1) is 19.2 Å². The zero-order valence-corrected chi connectivity index (χ0v) is 15.6. The monoisotopic (exact) mass is 373 g/mol. The van der Waals surface area contributed by atoms with Crippen LogP contribution in [0.15, 0.2) is 18.2 Å². The van der Waals surface area contributed by atoms with Crippen LogP contribution in [0.3, 0.4) is 0 Å². The Hall–Kier alpha value is -2.43. The summed E-state index contributed by atoms with van der Waals surface area (Å²) in [6.45, 7) is 0.585. The second kappa shape index (κ2) is 7.85. The molecule has 1 aromatic heterocycles. The fourth-order valence-corrected chi connectivity index (χ4v) is 4.45. The Balaban J connectivity index is 1.60. The minimum absolute atomic E-state index is 0.154. The molecular weight excluding hydrogens is 353 g/mol. The first-order valence-electron chi connectivity index (χ1n) is 8.37. The number of nitrogens with zero attached hydrogens (tertiary/aromatic N) is 2. The van der Waals surface area contributed by atoms with Crippen molar-refractivity contribution in [3.05, 3.63) is 45.6 Å². The number of nitrogens with one attached hydrogen (secondary N) is 1. The summed E-state index contributed by atoms with van der Waals surface area (Å²) in [5, 5.41) is 12.9. The summed E-state index contributed by atoms with van der Waals surface area (Å²) in [5.41, 5.74) is 2.46. The molecule has 7 heteroatoms. The summed E-state index contributed by atoms with van der Waals surface area (Å²) in [6.07, 6.45) is 2.96. The lowest BCUT2D eigenvalue weighted by Gasteiger charge is -2.16. The van der Waals surface area contributed by atoms with E-state index in [2.05, 4.69) is 11.4 Å². The molecular formula is C19H20FN3O2S. The maximum Gasteiger partial charge on any atom is 0.239 e. The lowest BCUT2D eigenvalue weighted by atomic mass is 10.1. The van der Waals surface area contributed by atoms with Crippen molar-refractivity contribution in [2.75, 3.05) is 26.0 Å². The molecule has 0 saturated carbocycles. The molecule has 1 aromatic carbocycles. The number of ether oxygens (including phenoxy) is 1. The number of carbonyl (C=O) groups excluding carboxylic acids is 1. The number of carbonyl (C=O) groups is 1. The van der Waals surface area contributed by atoms with Gasteiger partial charge in [-0.3, -0.25) is 9.69 Å². The van der Waals surface area contributed by atoms with Gasteiger partial charge in [-0.15, -0.1) is 11.3 Å². The summed E-state index contributed by atoms with van der Waals surface area (Å²) < 4.78 is 18.7. The maximum atomic E-state index is 13.8. The van der Waals surface area contributed by atoms with Crippen LogP contribution in [0.1, 0.15) is 28.0 Å². The molecule has 1 heterocycles. The number of likely N-dealkylation sites (N-methyl/N-ethyl adjacent to an activating group) is 1. The van der Waals surface area contributed by atoms with Crippen LogP contribution in [-0.4, -0.2) is 31.5 Å². The Morgan fingerprint density at radius 2 is 2.27 bits per heavy atom. The number of methoxy groups -OCH3 is 1. The van der Waals surface area contributed by atoms with Crippen LogP contribution in [0.4, 0.5) is 9.39 Å². The van der Waals surface area contributed by atoms with Gasteiger partial charge in [-0.25, -0.2) is 4.39 Å². The fourth-order valence-electron chi connectivity index (χ4n) is 3.20. The van der Waals surface area contributed by atoms with Gasteiger partial charge in [0.15, 0.2) is 11.6 Å². The molecule has 1 aliphatic carbocycles. The van der Waals surface area contributed by atoms with E-state index < -0.39 is 5.82 Å². The average Bonchev–Trinajstić information content (AvgIpc) is 3.15. The summed E-state index contributed by atoms with van der Waals surface area (Å²) in [7, 11) is 3.21. The number of hydrogen-bond donors (Lipinski definition) is 1. The third kappa shape index (κ3) is 3.87. The van der Waals surface area contributed by atoms with Gasteiger partial charge in [0.2, 0.25) is 5.91 Å². The second-order valence-corrected chi connectivity index (χ2v) is 7.47. The SMILES string of the molecule is COc1ccc(CN(C)CC(=O)Nc2sc3c(c2C#N)CCC3)cc1F. The molecule has 3 rings (SSSR count). The van der Waals surface area contributed by atoms with Gasteiger partial charge in [0.25, 0.3) is 0 Å². The van der Waals surface area contributed by atoms with E-state index >= 15 is 0 Å². The van der Waals surface area contributed by atoms with E-state index in [1.165, 1.54) is 29.4 Å². The van der Waals surface area contributed by atoms with Gasteiger partial charge in [-0.05, 0) is 49.6 Å². The van der Waals surface area contributed by atoms with Crippen molar-refractivity contribution in [2.45, 2.75) is 25.8 Å². The van der Waals surface area contributed by atoms with Gasteiger partial charge >= 0.3 is 0 Å². The van der Waals surface area contributed by atoms with Crippen molar-refractivity contribution >= 4 is 22.2 Å². The predicted molar refractivity (Wildman–Crippen MR) is 99.0 cm³/mol. The van der Waals surface area contributed by atoms with Crippen LogP contribution in [0, 0.1) is 17.1 Å². The number of benzene rings is 1. The minimum Gasteiger partial charge on any atom is -0.494 e. The maximum absolute atomic E-state index is 13.8. The van der Waals surface area contributed by atoms with E-state index in [-0.39, 0.29) is 18.2 Å². The molecule has 2 aromatic rings. The van der Waals surface area contributed by atoms with Gasteiger partial charge in [0, 0.05) is 11.4 Å². The number of fused-ring (bicyclic) bond motifs is 1. The van der Waals surface area contributed by atoms with Gasteiger partial charge in [-0.1, -0.05) is 6.07 Å². The molecule has 0 atom stereocenters. The molecule has 1 N–H and O–H groups in total. The van der Waals surface area contributed by atoms with E-state index in [0.29, 0.717) is 17.1 Å². The van der Waals surface area contributed by atoms with Crippen LogP contribution in [0.2, 0.25) is 0 Å². The van der Waals surface area contributed by atoms with E-state index in [0.717, 1.165) is 30.4 Å². The van der Waals surface area contributed by atoms with Crippen molar-refractivity contribution in [1.29, 1.82) is 5.26 Å². The van der Waals surface area contributed by atoms with Crippen LogP contribution < -0.4 is 10.1 Å². The van der Waals surface area contributed by atoms with Crippen molar-refractivity contribution in [2.24, 2.45) is 0 Å². The molecule has 0 radical (unpaired) electrons. The Morgan fingerprint density at radius 3 is 2.96 bits per heavy atom. The molecule has 0 aliphatic heterocycles. The third-order valence-electron chi connectivity index (χ3n) is 4.37. The third-order valence-corrected chi connectivity index (χ3v) is 5.58. The van der Waals surface area contributed by atoms with Crippen LogP contribution in [0.5, 0.6) is 5.75 Å². The van der Waals surface area contributed by atoms with Crippen molar-refractivity contribution < 1.29 is 13.9 Å².